The molecule has 0 aliphatic rings. The Morgan fingerprint density at radius 3 is 1.91 bits per heavy atom. The molecule has 3 heteroatoms. The molecule has 3 nitrogen and oxygen atoms in total. The van der Waals surface area contributed by atoms with Gasteiger partial charge < -0.3 is 14.0 Å². The molecule has 5 aromatic rings. The van der Waals surface area contributed by atoms with Crippen LogP contribution in [0.15, 0.2) is 109 Å². The van der Waals surface area contributed by atoms with Crippen molar-refractivity contribution in [1.82, 2.24) is 4.57 Å². The van der Waals surface area contributed by atoms with Crippen molar-refractivity contribution in [1.29, 1.82) is 0 Å². The maximum atomic E-state index is 6.25. The van der Waals surface area contributed by atoms with Crippen LogP contribution in [0.2, 0.25) is 0 Å². The zero-order valence-corrected chi connectivity index (χ0v) is 18.8. The van der Waals surface area contributed by atoms with E-state index < -0.39 is 0 Å². The highest BCUT2D eigenvalue weighted by molar-refractivity contribution is 5.83. The Morgan fingerprint density at radius 1 is 0.606 bits per heavy atom. The van der Waals surface area contributed by atoms with E-state index in [0.717, 1.165) is 29.2 Å². The Morgan fingerprint density at radius 2 is 1.21 bits per heavy atom. The molecule has 0 fully saturated rings. The number of fused-ring (bicyclic) bond motifs is 1. The van der Waals surface area contributed by atoms with Crippen molar-refractivity contribution in [2.24, 2.45) is 0 Å². The van der Waals surface area contributed by atoms with E-state index in [2.05, 4.69) is 78.4 Å². The molecule has 0 amide bonds. The number of rotatable bonds is 8. The molecular formula is C30H27NO2. The predicted molar refractivity (Wildman–Crippen MR) is 134 cm³/mol. The van der Waals surface area contributed by atoms with Gasteiger partial charge in [-0.1, -0.05) is 84.9 Å². The fraction of sp³-hybridized carbons (Fsp3) is 0.133. The monoisotopic (exact) mass is 433 g/mol. The summed E-state index contributed by atoms with van der Waals surface area (Å²) in [6.45, 7) is 3.93. The van der Waals surface area contributed by atoms with Gasteiger partial charge in [-0.3, -0.25) is 0 Å². The SMILES string of the molecule is Cc1cn(Cc2ccc(OCc3ccccc3)c(OCc3ccccc3)c2)c2ccccc12. The zero-order chi connectivity index (χ0) is 22.5. The Bertz CT molecular complexity index is 1340. The molecule has 4 aromatic carbocycles. The summed E-state index contributed by atoms with van der Waals surface area (Å²) in [4.78, 5) is 0. The van der Waals surface area contributed by atoms with E-state index in [-0.39, 0.29) is 0 Å². The van der Waals surface area contributed by atoms with E-state index in [1.165, 1.54) is 22.0 Å². The fourth-order valence-electron chi connectivity index (χ4n) is 4.11. The quantitative estimate of drug-likeness (QED) is 0.259. The minimum absolute atomic E-state index is 0.498. The van der Waals surface area contributed by atoms with Gasteiger partial charge >= 0.3 is 0 Å². The first kappa shape index (κ1) is 20.9. The van der Waals surface area contributed by atoms with Crippen LogP contribution in [0.3, 0.4) is 0 Å². The lowest BCUT2D eigenvalue weighted by Gasteiger charge is -2.15. The fourth-order valence-corrected chi connectivity index (χ4v) is 4.11. The summed E-state index contributed by atoms with van der Waals surface area (Å²) in [5.41, 5.74) is 5.96. The normalized spacial score (nSPS) is 10.9. The number of benzene rings is 4. The molecule has 0 aliphatic carbocycles. The van der Waals surface area contributed by atoms with Crippen molar-refractivity contribution in [2.75, 3.05) is 0 Å². The van der Waals surface area contributed by atoms with Gasteiger partial charge in [-0.2, -0.15) is 0 Å². The molecule has 0 unspecified atom stereocenters. The second-order valence-electron chi connectivity index (χ2n) is 8.29. The van der Waals surface area contributed by atoms with Crippen molar-refractivity contribution in [3.05, 3.63) is 132 Å². The largest absolute Gasteiger partial charge is 0.485 e. The first-order valence-electron chi connectivity index (χ1n) is 11.3. The summed E-state index contributed by atoms with van der Waals surface area (Å²) in [5, 5.41) is 1.29. The highest BCUT2D eigenvalue weighted by atomic mass is 16.5. The van der Waals surface area contributed by atoms with Crippen molar-refractivity contribution >= 4 is 10.9 Å². The summed E-state index contributed by atoms with van der Waals surface area (Å²) in [6, 6.07) is 35.2. The van der Waals surface area contributed by atoms with Crippen LogP contribution in [0.1, 0.15) is 22.3 Å². The molecule has 0 N–H and O–H groups in total. The molecule has 0 saturated heterocycles. The lowest BCUT2D eigenvalue weighted by Crippen LogP contribution is -2.03. The highest BCUT2D eigenvalue weighted by Gasteiger charge is 2.11. The summed E-state index contributed by atoms with van der Waals surface area (Å²) in [7, 11) is 0. The van der Waals surface area contributed by atoms with Crippen LogP contribution in [-0.4, -0.2) is 4.57 Å². The third-order valence-corrected chi connectivity index (χ3v) is 5.82. The molecule has 1 heterocycles. The topological polar surface area (TPSA) is 23.4 Å². The number of para-hydroxylation sites is 1. The molecule has 1 aromatic heterocycles. The van der Waals surface area contributed by atoms with Crippen LogP contribution in [0.25, 0.3) is 10.9 Å². The summed E-state index contributed by atoms with van der Waals surface area (Å²) < 4.78 is 14.7. The van der Waals surface area contributed by atoms with Gasteiger partial charge in [-0.05, 0) is 47.4 Å². The standard InChI is InChI=1S/C30H27NO2/c1-23-19-31(28-15-9-8-14-27(23)28)20-26-16-17-29(32-21-24-10-4-2-5-11-24)30(18-26)33-22-25-12-6-3-7-13-25/h2-19H,20-22H2,1H3. The van der Waals surface area contributed by atoms with Crippen LogP contribution < -0.4 is 9.47 Å². The third-order valence-electron chi connectivity index (χ3n) is 5.82. The number of nitrogens with zero attached hydrogens (tertiary/aromatic N) is 1. The van der Waals surface area contributed by atoms with Gasteiger partial charge in [0.15, 0.2) is 11.5 Å². The van der Waals surface area contributed by atoms with E-state index >= 15 is 0 Å². The number of aryl methyl sites for hydroxylation is 1. The summed E-state index contributed by atoms with van der Waals surface area (Å²) in [6.07, 6.45) is 2.22. The number of hydrogen-bond acceptors (Lipinski definition) is 2. The van der Waals surface area contributed by atoms with Gasteiger partial charge in [0, 0.05) is 23.6 Å². The minimum atomic E-state index is 0.498. The molecule has 0 atom stereocenters. The van der Waals surface area contributed by atoms with E-state index in [9.17, 15) is 0 Å². The highest BCUT2D eigenvalue weighted by Crippen LogP contribution is 2.31. The van der Waals surface area contributed by atoms with E-state index in [0.29, 0.717) is 13.2 Å². The molecule has 0 spiro atoms. The minimum Gasteiger partial charge on any atom is -0.485 e. The Labute approximate surface area is 194 Å². The predicted octanol–water partition coefficient (Wildman–Crippen LogP) is 7.16. The van der Waals surface area contributed by atoms with Gasteiger partial charge in [0.2, 0.25) is 0 Å². The van der Waals surface area contributed by atoms with E-state index in [1.54, 1.807) is 0 Å². The molecule has 164 valence electrons. The average Bonchev–Trinajstić information content (AvgIpc) is 3.18. The van der Waals surface area contributed by atoms with E-state index in [4.69, 9.17) is 9.47 Å². The van der Waals surface area contributed by atoms with Gasteiger partial charge in [0.05, 0.1) is 0 Å². The van der Waals surface area contributed by atoms with Crippen molar-refractivity contribution in [3.8, 4) is 11.5 Å². The van der Waals surface area contributed by atoms with Crippen molar-refractivity contribution in [3.63, 3.8) is 0 Å². The van der Waals surface area contributed by atoms with Crippen LogP contribution >= 0.6 is 0 Å². The lowest BCUT2D eigenvalue weighted by molar-refractivity contribution is 0.255. The van der Waals surface area contributed by atoms with Crippen LogP contribution in [0, 0.1) is 6.92 Å². The van der Waals surface area contributed by atoms with Gasteiger partial charge in [0.25, 0.3) is 0 Å². The first-order valence-corrected chi connectivity index (χ1v) is 11.3. The smallest absolute Gasteiger partial charge is 0.162 e. The molecule has 0 aliphatic heterocycles. The van der Waals surface area contributed by atoms with Crippen LogP contribution in [0.5, 0.6) is 11.5 Å². The zero-order valence-electron chi connectivity index (χ0n) is 18.8. The molecule has 0 bridgehead atoms. The first-order chi connectivity index (χ1) is 16.3. The molecule has 33 heavy (non-hydrogen) atoms. The number of ether oxygens (including phenoxy) is 2. The molecular weight excluding hydrogens is 406 g/mol. The van der Waals surface area contributed by atoms with Crippen molar-refractivity contribution in [2.45, 2.75) is 26.7 Å². The summed E-state index contributed by atoms with van der Waals surface area (Å²) >= 11 is 0. The average molecular weight is 434 g/mol. The maximum Gasteiger partial charge on any atom is 0.162 e. The van der Waals surface area contributed by atoms with Crippen molar-refractivity contribution < 1.29 is 9.47 Å². The summed E-state index contributed by atoms with van der Waals surface area (Å²) in [5.74, 6) is 1.52. The molecule has 0 radical (unpaired) electrons. The maximum absolute atomic E-state index is 6.25. The van der Waals surface area contributed by atoms with Crippen LogP contribution in [-0.2, 0) is 19.8 Å². The number of aromatic nitrogens is 1. The van der Waals surface area contributed by atoms with Gasteiger partial charge in [-0.25, -0.2) is 0 Å². The Hall–Kier alpha value is -3.98. The third kappa shape index (κ3) is 4.93. The molecule has 0 saturated carbocycles. The molecule has 5 rings (SSSR count). The number of hydrogen-bond donors (Lipinski definition) is 0. The second kappa shape index (κ2) is 9.66. The second-order valence-corrected chi connectivity index (χ2v) is 8.29. The Kier molecular flexibility index (Phi) is 6.12. The van der Waals surface area contributed by atoms with Crippen LogP contribution in [0.4, 0.5) is 0 Å². The lowest BCUT2D eigenvalue weighted by atomic mass is 10.2. The van der Waals surface area contributed by atoms with Gasteiger partial charge in [0.1, 0.15) is 13.2 Å². The van der Waals surface area contributed by atoms with Gasteiger partial charge in [-0.15, -0.1) is 0 Å². The Balaban J connectivity index is 1.41. The van der Waals surface area contributed by atoms with E-state index in [1.807, 2.05) is 42.5 Å².